The molecule has 0 saturated heterocycles. The summed E-state index contributed by atoms with van der Waals surface area (Å²) in [4.78, 5) is 15.0. The summed E-state index contributed by atoms with van der Waals surface area (Å²) in [6.07, 6.45) is 9.91. The molecular weight excluding hydrogens is 260 g/mol. The zero-order valence-corrected chi connectivity index (χ0v) is 13.8. The van der Waals surface area contributed by atoms with E-state index in [1.165, 1.54) is 25.7 Å². The normalized spacial score (nSPS) is 42.2. The van der Waals surface area contributed by atoms with Gasteiger partial charge in [-0.2, -0.15) is 0 Å². The molecule has 3 atom stereocenters. The molecule has 3 rings (SSSR count). The maximum atomic E-state index is 13.0. The van der Waals surface area contributed by atoms with Gasteiger partial charge in [0.1, 0.15) is 0 Å². The van der Waals surface area contributed by atoms with E-state index in [1.807, 2.05) is 11.9 Å². The van der Waals surface area contributed by atoms with Crippen LogP contribution in [0, 0.1) is 29.1 Å². The maximum Gasteiger partial charge on any atom is 0.229 e. The molecule has 0 aromatic rings. The number of amides is 1. The van der Waals surface area contributed by atoms with Crippen molar-refractivity contribution in [2.24, 2.45) is 34.8 Å². The second-order valence-corrected chi connectivity index (χ2v) is 8.29. The van der Waals surface area contributed by atoms with Crippen LogP contribution in [0.4, 0.5) is 0 Å². The molecule has 2 N–H and O–H groups in total. The highest BCUT2D eigenvalue weighted by molar-refractivity contribution is 5.83. The molecule has 120 valence electrons. The molecule has 3 heteroatoms. The average Bonchev–Trinajstić information content (AvgIpc) is 3.10. The minimum absolute atomic E-state index is 0.251. The molecule has 3 fully saturated rings. The highest BCUT2D eigenvalue weighted by Gasteiger charge is 2.44. The Hall–Kier alpha value is -0.570. The molecule has 1 amide bonds. The lowest BCUT2D eigenvalue weighted by atomic mass is 9.70. The third kappa shape index (κ3) is 2.86. The van der Waals surface area contributed by atoms with Crippen LogP contribution >= 0.6 is 0 Å². The quantitative estimate of drug-likeness (QED) is 0.865. The second-order valence-electron chi connectivity index (χ2n) is 8.29. The first kappa shape index (κ1) is 15.3. The summed E-state index contributed by atoms with van der Waals surface area (Å²) in [6.45, 7) is 3.79. The van der Waals surface area contributed by atoms with Gasteiger partial charge >= 0.3 is 0 Å². The van der Waals surface area contributed by atoms with Gasteiger partial charge in [0.25, 0.3) is 0 Å². The molecule has 3 unspecified atom stereocenters. The van der Waals surface area contributed by atoms with Crippen molar-refractivity contribution >= 4 is 5.91 Å². The molecule has 3 aliphatic carbocycles. The molecule has 0 heterocycles. The summed E-state index contributed by atoms with van der Waals surface area (Å²) in [6, 6.07) is 0. The molecule has 3 saturated carbocycles. The fourth-order valence-electron chi connectivity index (χ4n) is 5.26. The average molecular weight is 292 g/mol. The molecule has 2 bridgehead atoms. The van der Waals surface area contributed by atoms with E-state index in [0.717, 1.165) is 55.9 Å². The van der Waals surface area contributed by atoms with Crippen molar-refractivity contribution in [1.29, 1.82) is 0 Å². The van der Waals surface area contributed by atoms with E-state index >= 15 is 0 Å². The fourth-order valence-corrected chi connectivity index (χ4v) is 5.26. The van der Waals surface area contributed by atoms with Crippen LogP contribution in [0.25, 0.3) is 0 Å². The lowest BCUT2D eigenvalue weighted by molar-refractivity contribution is -0.143. The van der Waals surface area contributed by atoms with Crippen LogP contribution in [0.15, 0.2) is 0 Å². The molecule has 0 aromatic carbocycles. The Bertz CT molecular complexity index is 387. The maximum absolute atomic E-state index is 13.0. The molecule has 3 aliphatic rings. The van der Waals surface area contributed by atoms with Crippen LogP contribution in [-0.4, -0.2) is 30.9 Å². The monoisotopic (exact) mass is 292 g/mol. The SMILES string of the molecule is CC1CCC(CN)(C(=O)N(C)CC2CC3CCC2C3)CC1. The predicted octanol–water partition coefficient (Wildman–Crippen LogP) is 3.04. The van der Waals surface area contributed by atoms with Crippen molar-refractivity contribution < 1.29 is 4.79 Å². The van der Waals surface area contributed by atoms with Gasteiger partial charge in [0.15, 0.2) is 0 Å². The van der Waals surface area contributed by atoms with Crippen LogP contribution in [0.5, 0.6) is 0 Å². The van der Waals surface area contributed by atoms with Crippen molar-refractivity contribution in [3.63, 3.8) is 0 Å². The molecule has 3 nitrogen and oxygen atoms in total. The smallest absolute Gasteiger partial charge is 0.229 e. The Balaban J connectivity index is 1.60. The summed E-state index contributed by atoms with van der Waals surface area (Å²) < 4.78 is 0. The molecule has 21 heavy (non-hydrogen) atoms. The number of hydrogen-bond donors (Lipinski definition) is 1. The molecule has 0 radical (unpaired) electrons. The minimum Gasteiger partial charge on any atom is -0.345 e. The third-order valence-electron chi connectivity index (χ3n) is 6.82. The summed E-state index contributed by atoms with van der Waals surface area (Å²) in [5.41, 5.74) is 5.79. The Labute approximate surface area is 129 Å². The summed E-state index contributed by atoms with van der Waals surface area (Å²) in [7, 11) is 2.02. The van der Waals surface area contributed by atoms with Crippen molar-refractivity contribution in [1.82, 2.24) is 4.90 Å². The van der Waals surface area contributed by atoms with Crippen LogP contribution in [-0.2, 0) is 4.79 Å². The molecular formula is C18H32N2O. The number of rotatable bonds is 4. The number of fused-ring (bicyclic) bond motifs is 2. The number of carbonyl (C=O) groups excluding carboxylic acids is 1. The van der Waals surface area contributed by atoms with Gasteiger partial charge in [0.2, 0.25) is 5.91 Å². The molecule has 0 aromatic heterocycles. The first-order chi connectivity index (χ1) is 10.0. The first-order valence-corrected chi connectivity index (χ1v) is 8.99. The van der Waals surface area contributed by atoms with Gasteiger partial charge in [-0.3, -0.25) is 4.79 Å². The third-order valence-corrected chi connectivity index (χ3v) is 6.82. The zero-order chi connectivity index (χ0) is 15.0. The Morgan fingerprint density at radius 1 is 1.19 bits per heavy atom. The molecule has 0 aliphatic heterocycles. The van der Waals surface area contributed by atoms with Crippen LogP contribution < -0.4 is 5.73 Å². The van der Waals surface area contributed by atoms with E-state index in [9.17, 15) is 4.79 Å². The topological polar surface area (TPSA) is 46.3 Å². The van der Waals surface area contributed by atoms with E-state index in [4.69, 9.17) is 5.73 Å². The number of hydrogen-bond acceptors (Lipinski definition) is 2. The number of nitrogens with two attached hydrogens (primary N) is 1. The standard InChI is InChI=1S/C18H32N2O/c1-13-5-7-18(12-19,8-6-13)17(21)20(2)11-16-10-14-3-4-15(16)9-14/h13-16H,3-12,19H2,1-2H3. The van der Waals surface area contributed by atoms with Crippen LogP contribution in [0.3, 0.4) is 0 Å². The first-order valence-electron chi connectivity index (χ1n) is 8.99. The second kappa shape index (κ2) is 5.91. The Kier molecular flexibility index (Phi) is 4.31. The molecule has 0 spiro atoms. The largest absolute Gasteiger partial charge is 0.345 e. The van der Waals surface area contributed by atoms with E-state index in [2.05, 4.69) is 6.92 Å². The van der Waals surface area contributed by atoms with Gasteiger partial charge in [-0.1, -0.05) is 13.3 Å². The van der Waals surface area contributed by atoms with Gasteiger partial charge < -0.3 is 10.6 Å². The lowest BCUT2D eigenvalue weighted by Crippen LogP contribution is -2.49. The van der Waals surface area contributed by atoms with Gasteiger partial charge in [-0.15, -0.1) is 0 Å². The summed E-state index contributed by atoms with van der Waals surface area (Å²) in [5.74, 6) is 3.70. The van der Waals surface area contributed by atoms with Gasteiger partial charge in [0.05, 0.1) is 5.41 Å². The fraction of sp³-hybridized carbons (Fsp3) is 0.944. The van der Waals surface area contributed by atoms with Gasteiger partial charge in [0, 0.05) is 20.1 Å². The Morgan fingerprint density at radius 2 is 1.90 bits per heavy atom. The lowest BCUT2D eigenvalue weighted by Gasteiger charge is -2.40. The number of nitrogens with zero attached hydrogens (tertiary/aromatic N) is 1. The predicted molar refractivity (Wildman–Crippen MR) is 85.7 cm³/mol. The van der Waals surface area contributed by atoms with Crippen LogP contribution in [0.2, 0.25) is 0 Å². The van der Waals surface area contributed by atoms with E-state index in [-0.39, 0.29) is 5.41 Å². The van der Waals surface area contributed by atoms with Crippen molar-refractivity contribution in [2.45, 2.75) is 58.3 Å². The number of carbonyl (C=O) groups is 1. The van der Waals surface area contributed by atoms with E-state index in [1.54, 1.807) is 0 Å². The van der Waals surface area contributed by atoms with E-state index < -0.39 is 0 Å². The van der Waals surface area contributed by atoms with Crippen molar-refractivity contribution in [3.05, 3.63) is 0 Å². The van der Waals surface area contributed by atoms with Crippen LogP contribution in [0.1, 0.15) is 58.3 Å². The van der Waals surface area contributed by atoms with Gasteiger partial charge in [-0.25, -0.2) is 0 Å². The van der Waals surface area contributed by atoms with Crippen molar-refractivity contribution in [3.8, 4) is 0 Å². The highest BCUT2D eigenvalue weighted by Crippen LogP contribution is 2.48. The minimum atomic E-state index is -0.251. The summed E-state index contributed by atoms with van der Waals surface area (Å²) in [5, 5.41) is 0. The van der Waals surface area contributed by atoms with E-state index in [0.29, 0.717) is 12.5 Å². The Morgan fingerprint density at radius 3 is 2.43 bits per heavy atom. The zero-order valence-electron chi connectivity index (χ0n) is 13.8. The van der Waals surface area contributed by atoms with Crippen molar-refractivity contribution in [2.75, 3.05) is 20.1 Å². The highest BCUT2D eigenvalue weighted by atomic mass is 16.2. The van der Waals surface area contributed by atoms with Gasteiger partial charge in [-0.05, 0) is 68.6 Å². The summed E-state index contributed by atoms with van der Waals surface area (Å²) >= 11 is 0.